The van der Waals surface area contributed by atoms with E-state index in [0.29, 0.717) is 5.69 Å². The number of sulfonamides is 1. The van der Waals surface area contributed by atoms with Gasteiger partial charge in [-0.3, -0.25) is 4.79 Å². The molecular weight excluding hydrogens is 296 g/mol. The van der Waals surface area contributed by atoms with Crippen LogP contribution in [0.1, 0.15) is 5.56 Å². The average Bonchev–Trinajstić information content (AvgIpc) is 2.19. The molecule has 0 saturated heterocycles. The highest BCUT2D eigenvalue weighted by molar-refractivity contribution is 9.09. The van der Waals surface area contributed by atoms with Gasteiger partial charge in [0, 0.05) is 5.69 Å². The third kappa shape index (κ3) is 3.29. The fourth-order valence-electron chi connectivity index (χ4n) is 1.10. The number of primary sulfonamides is 1. The Morgan fingerprint density at radius 3 is 2.62 bits per heavy atom. The summed E-state index contributed by atoms with van der Waals surface area (Å²) in [5, 5.41) is 7.70. The van der Waals surface area contributed by atoms with Crippen LogP contribution in [-0.4, -0.2) is 19.7 Å². The summed E-state index contributed by atoms with van der Waals surface area (Å²) in [4.78, 5) is 11.1. The minimum absolute atomic E-state index is 0.0250. The molecule has 0 radical (unpaired) electrons. The van der Waals surface area contributed by atoms with Crippen LogP contribution >= 0.6 is 15.9 Å². The second-order valence-corrected chi connectivity index (χ2v) is 5.33. The van der Waals surface area contributed by atoms with Crippen LogP contribution in [0.3, 0.4) is 0 Å². The Bertz CT molecular complexity index is 513. The molecule has 3 N–H and O–H groups in total. The zero-order chi connectivity index (χ0) is 12.3. The van der Waals surface area contributed by atoms with E-state index in [1.165, 1.54) is 12.1 Å². The third-order valence-electron chi connectivity index (χ3n) is 1.93. The molecule has 0 aliphatic heterocycles. The van der Waals surface area contributed by atoms with Crippen LogP contribution in [0.5, 0.6) is 0 Å². The van der Waals surface area contributed by atoms with Gasteiger partial charge in [-0.15, -0.1) is 0 Å². The van der Waals surface area contributed by atoms with Crippen molar-refractivity contribution in [3.8, 4) is 0 Å². The van der Waals surface area contributed by atoms with Crippen LogP contribution in [0.4, 0.5) is 5.69 Å². The topological polar surface area (TPSA) is 89.3 Å². The van der Waals surface area contributed by atoms with Crippen molar-refractivity contribution in [3.05, 3.63) is 23.8 Å². The molecule has 0 bridgehead atoms. The van der Waals surface area contributed by atoms with E-state index in [1.807, 2.05) is 0 Å². The number of halogens is 1. The molecule has 88 valence electrons. The summed E-state index contributed by atoms with van der Waals surface area (Å²) < 4.78 is 22.2. The van der Waals surface area contributed by atoms with Crippen molar-refractivity contribution < 1.29 is 13.2 Å². The molecular formula is C9H11BrN2O3S. The number of anilines is 1. The predicted octanol–water partition coefficient (Wildman–Crippen LogP) is 0.976. The lowest BCUT2D eigenvalue weighted by atomic mass is 10.2. The molecule has 0 spiro atoms. The van der Waals surface area contributed by atoms with Gasteiger partial charge < -0.3 is 5.32 Å². The van der Waals surface area contributed by atoms with Gasteiger partial charge in [0.25, 0.3) is 0 Å². The van der Waals surface area contributed by atoms with E-state index in [0.717, 1.165) is 5.56 Å². The molecule has 0 aliphatic carbocycles. The maximum absolute atomic E-state index is 11.2. The van der Waals surface area contributed by atoms with Gasteiger partial charge in [-0.1, -0.05) is 22.0 Å². The number of alkyl halides is 1. The maximum Gasteiger partial charge on any atom is 0.238 e. The van der Waals surface area contributed by atoms with Gasteiger partial charge in [0.1, 0.15) is 0 Å². The van der Waals surface area contributed by atoms with Crippen molar-refractivity contribution in [1.82, 2.24) is 0 Å². The number of rotatable bonds is 3. The molecule has 0 aromatic heterocycles. The van der Waals surface area contributed by atoms with Crippen molar-refractivity contribution in [2.75, 3.05) is 10.6 Å². The Kier molecular flexibility index (Phi) is 4.06. The summed E-state index contributed by atoms with van der Waals surface area (Å²) >= 11 is 3.00. The standard InChI is InChI=1S/C9H11BrN2O3S/c1-6-2-3-7(16(11,14)15)4-8(6)12-9(13)5-10/h2-4H,5H2,1H3,(H,12,13)(H2,11,14,15). The summed E-state index contributed by atoms with van der Waals surface area (Å²) in [6, 6.07) is 4.32. The normalized spacial score (nSPS) is 11.2. The smallest absolute Gasteiger partial charge is 0.238 e. The predicted molar refractivity (Wildman–Crippen MR) is 65.0 cm³/mol. The number of amides is 1. The van der Waals surface area contributed by atoms with E-state index >= 15 is 0 Å². The van der Waals surface area contributed by atoms with Gasteiger partial charge in [0.2, 0.25) is 15.9 Å². The Morgan fingerprint density at radius 1 is 1.50 bits per heavy atom. The quantitative estimate of drug-likeness (QED) is 0.816. The molecule has 0 atom stereocenters. The van der Waals surface area contributed by atoms with E-state index in [1.54, 1.807) is 13.0 Å². The number of carbonyl (C=O) groups excluding carboxylic acids is 1. The number of nitrogens with one attached hydrogen (secondary N) is 1. The number of hydrogen-bond acceptors (Lipinski definition) is 3. The number of nitrogens with two attached hydrogens (primary N) is 1. The minimum Gasteiger partial charge on any atom is -0.325 e. The van der Waals surface area contributed by atoms with Gasteiger partial charge in [-0.25, -0.2) is 13.6 Å². The van der Waals surface area contributed by atoms with Gasteiger partial charge >= 0.3 is 0 Å². The van der Waals surface area contributed by atoms with Crippen LogP contribution in [0.2, 0.25) is 0 Å². The van der Waals surface area contributed by atoms with Crippen LogP contribution in [0.25, 0.3) is 0 Å². The summed E-state index contributed by atoms with van der Waals surface area (Å²) in [5.41, 5.74) is 1.21. The van der Waals surface area contributed by atoms with E-state index < -0.39 is 10.0 Å². The van der Waals surface area contributed by atoms with Crippen molar-refractivity contribution in [2.45, 2.75) is 11.8 Å². The highest BCUT2D eigenvalue weighted by Crippen LogP contribution is 2.19. The molecule has 5 nitrogen and oxygen atoms in total. The van der Waals surface area contributed by atoms with Gasteiger partial charge in [-0.05, 0) is 24.6 Å². The minimum atomic E-state index is -3.75. The lowest BCUT2D eigenvalue weighted by Gasteiger charge is -2.08. The second kappa shape index (κ2) is 4.94. The number of benzene rings is 1. The molecule has 0 fully saturated rings. The highest BCUT2D eigenvalue weighted by atomic mass is 79.9. The lowest BCUT2D eigenvalue weighted by Crippen LogP contribution is -2.16. The first-order chi connectivity index (χ1) is 7.34. The number of carbonyl (C=O) groups is 1. The first-order valence-electron chi connectivity index (χ1n) is 4.34. The highest BCUT2D eigenvalue weighted by Gasteiger charge is 2.11. The molecule has 7 heteroatoms. The molecule has 0 saturated carbocycles. The van der Waals surface area contributed by atoms with E-state index in [4.69, 9.17) is 5.14 Å². The van der Waals surface area contributed by atoms with Gasteiger partial charge in [0.15, 0.2) is 0 Å². The van der Waals surface area contributed by atoms with Crippen LogP contribution in [-0.2, 0) is 14.8 Å². The molecule has 16 heavy (non-hydrogen) atoms. The van der Waals surface area contributed by atoms with Gasteiger partial charge in [-0.2, -0.15) is 0 Å². The maximum atomic E-state index is 11.2. The fraction of sp³-hybridized carbons (Fsp3) is 0.222. The third-order valence-corrected chi connectivity index (χ3v) is 3.35. The van der Waals surface area contributed by atoms with Crippen LogP contribution < -0.4 is 10.5 Å². The van der Waals surface area contributed by atoms with E-state index in [2.05, 4.69) is 21.2 Å². The summed E-state index contributed by atoms with van der Waals surface area (Å²) in [6.45, 7) is 1.76. The lowest BCUT2D eigenvalue weighted by molar-refractivity contribution is -0.113. The van der Waals surface area contributed by atoms with Crippen LogP contribution in [0.15, 0.2) is 23.1 Å². The second-order valence-electron chi connectivity index (χ2n) is 3.20. The van der Waals surface area contributed by atoms with E-state index in [9.17, 15) is 13.2 Å². The molecule has 0 heterocycles. The van der Waals surface area contributed by atoms with Crippen molar-refractivity contribution in [3.63, 3.8) is 0 Å². The first-order valence-corrected chi connectivity index (χ1v) is 7.00. The molecule has 1 aromatic carbocycles. The molecule has 0 aliphatic rings. The van der Waals surface area contributed by atoms with Crippen molar-refractivity contribution >= 4 is 37.5 Å². The van der Waals surface area contributed by atoms with Crippen LogP contribution in [0, 0.1) is 6.92 Å². The largest absolute Gasteiger partial charge is 0.325 e. The van der Waals surface area contributed by atoms with Gasteiger partial charge in [0.05, 0.1) is 10.2 Å². The zero-order valence-corrected chi connectivity index (χ0v) is 10.9. The fourth-order valence-corrected chi connectivity index (χ4v) is 1.78. The summed E-state index contributed by atoms with van der Waals surface area (Å²) in [7, 11) is -3.75. The Morgan fingerprint density at radius 2 is 2.12 bits per heavy atom. The Hall–Kier alpha value is -0.920. The molecule has 1 aromatic rings. The summed E-state index contributed by atoms with van der Waals surface area (Å²) in [5.74, 6) is -0.255. The average molecular weight is 307 g/mol. The zero-order valence-electron chi connectivity index (χ0n) is 8.53. The van der Waals surface area contributed by atoms with E-state index in [-0.39, 0.29) is 16.1 Å². The van der Waals surface area contributed by atoms with Crippen molar-refractivity contribution in [2.24, 2.45) is 5.14 Å². The van der Waals surface area contributed by atoms with Crippen molar-refractivity contribution in [1.29, 1.82) is 0 Å². The molecule has 1 rings (SSSR count). The molecule has 0 unspecified atom stereocenters. The number of hydrogen-bond donors (Lipinski definition) is 2. The molecule has 1 amide bonds. The first kappa shape index (κ1) is 13.1. The Labute approximate surface area is 102 Å². The SMILES string of the molecule is Cc1ccc(S(N)(=O)=O)cc1NC(=O)CBr. The number of aryl methyl sites for hydroxylation is 1. The monoisotopic (exact) mass is 306 g/mol. The Balaban J connectivity index is 3.14. The summed E-state index contributed by atoms with van der Waals surface area (Å²) in [6.07, 6.45) is 0.